The molecule has 0 atom stereocenters. The van der Waals surface area contributed by atoms with E-state index in [4.69, 9.17) is 10.5 Å². The molecule has 0 amide bonds. The van der Waals surface area contributed by atoms with Crippen molar-refractivity contribution in [1.29, 1.82) is 0 Å². The van der Waals surface area contributed by atoms with Gasteiger partial charge in [0.15, 0.2) is 5.75 Å². The number of hydrogen-bond donors (Lipinski definition) is 1. The van der Waals surface area contributed by atoms with Crippen LogP contribution in [-0.4, -0.2) is 16.5 Å². The van der Waals surface area contributed by atoms with Crippen molar-refractivity contribution in [2.24, 2.45) is 5.73 Å². The first kappa shape index (κ1) is 12.0. The lowest BCUT2D eigenvalue weighted by molar-refractivity contribution is 0.473. The standard InChI is InChI=1S/C12H12BrN3O/c13-10-3-1-2-4-11(10)17-9-7-15-12(5-6-14)16-8-9/h1-4,7-8H,5-6,14H2. The zero-order valence-corrected chi connectivity index (χ0v) is 10.7. The Kier molecular flexibility index (Phi) is 4.06. The third-order valence-electron chi connectivity index (χ3n) is 2.11. The molecule has 0 unspecified atom stereocenters. The maximum Gasteiger partial charge on any atom is 0.164 e. The molecule has 2 rings (SSSR count). The van der Waals surface area contributed by atoms with Gasteiger partial charge in [0.2, 0.25) is 0 Å². The van der Waals surface area contributed by atoms with E-state index in [0.29, 0.717) is 18.7 Å². The molecule has 0 fully saturated rings. The molecule has 4 nitrogen and oxygen atoms in total. The van der Waals surface area contributed by atoms with Crippen LogP contribution in [0.4, 0.5) is 0 Å². The quantitative estimate of drug-likeness (QED) is 0.941. The Labute approximate surface area is 108 Å². The molecule has 0 radical (unpaired) electrons. The van der Waals surface area contributed by atoms with Crippen molar-refractivity contribution in [3.8, 4) is 11.5 Å². The van der Waals surface area contributed by atoms with Crippen LogP contribution in [0.2, 0.25) is 0 Å². The molecule has 2 aromatic rings. The topological polar surface area (TPSA) is 61.0 Å². The number of para-hydroxylation sites is 1. The molecule has 0 aliphatic rings. The van der Waals surface area contributed by atoms with Crippen molar-refractivity contribution in [2.45, 2.75) is 6.42 Å². The monoisotopic (exact) mass is 293 g/mol. The molecule has 0 saturated heterocycles. The van der Waals surface area contributed by atoms with Crippen molar-refractivity contribution < 1.29 is 4.74 Å². The predicted octanol–water partition coefficient (Wildman–Crippen LogP) is 2.53. The summed E-state index contributed by atoms with van der Waals surface area (Å²) >= 11 is 3.41. The summed E-state index contributed by atoms with van der Waals surface area (Å²) in [7, 11) is 0. The largest absolute Gasteiger partial charge is 0.453 e. The van der Waals surface area contributed by atoms with Gasteiger partial charge in [0.25, 0.3) is 0 Å². The zero-order chi connectivity index (χ0) is 12.1. The molecule has 1 heterocycles. The van der Waals surface area contributed by atoms with Crippen molar-refractivity contribution in [3.05, 3.63) is 47.0 Å². The lowest BCUT2D eigenvalue weighted by Gasteiger charge is -2.06. The maximum absolute atomic E-state index is 5.64. The number of nitrogens with two attached hydrogens (primary N) is 1. The number of benzene rings is 1. The van der Waals surface area contributed by atoms with Crippen LogP contribution in [0.1, 0.15) is 5.82 Å². The highest BCUT2D eigenvalue weighted by Crippen LogP contribution is 2.28. The van der Waals surface area contributed by atoms with Gasteiger partial charge in [0.1, 0.15) is 11.6 Å². The summed E-state index contributed by atoms with van der Waals surface area (Å²) in [5.74, 6) is 2.08. The fourth-order valence-corrected chi connectivity index (χ4v) is 1.67. The van der Waals surface area contributed by atoms with E-state index in [-0.39, 0.29) is 0 Å². The highest BCUT2D eigenvalue weighted by atomic mass is 79.9. The van der Waals surface area contributed by atoms with Crippen LogP contribution >= 0.6 is 15.9 Å². The van der Waals surface area contributed by atoms with Crippen molar-refractivity contribution in [3.63, 3.8) is 0 Å². The number of rotatable bonds is 4. The minimum atomic E-state index is 0.546. The molecule has 1 aromatic carbocycles. The van der Waals surface area contributed by atoms with E-state index in [1.54, 1.807) is 12.4 Å². The van der Waals surface area contributed by atoms with Gasteiger partial charge in [-0.15, -0.1) is 0 Å². The van der Waals surface area contributed by atoms with Crippen molar-refractivity contribution in [2.75, 3.05) is 6.54 Å². The van der Waals surface area contributed by atoms with Gasteiger partial charge in [-0.1, -0.05) is 12.1 Å². The average Bonchev–Trinajstić information content (AvgIpc) is 2.35. The summed E-state index contributed by atoms with van der Waals surface area (Å²) in [6.07, 6.45) is 3.98. The van der Waals surface area contributed by atoms with E-state index in [0.717, 1.165) is 16.0 Å². The SMILES string of the molecule is NCCc1ncc(Oc2ccccc2Br)cn1. The third kappa shape index (κ3) is 3.25. The average molecular weight is 294 g/mol. The molecule has 0 aliphatic carbocycles. The molecule has 1 aromatic heterocycles. The first-order valence-electron chi connectivity index (χ1n) is 5.23. The summed E-state index contributed by atoms with van der Waals surface area (Å²) in [5.41, 5.74) is 5.42. The number of halogens is 1. The van der Waals surface area contributed by atoms with Gasteiger partial charge in [-0.3, -0.25) is 0 Å². The summed E-state index contributed by atoms with van der Waals surface area (Å²) in [6, 6.07) is 7.62. The van der Waals surface area contributed by atoms with Gasteiger partial charge >= 0.3 is 0 Å². The first-order valence-corrected chi connectivity index (χ1v) is 6.02. The minimum absolute atomic E-state index is 0.546. The Hall–Kier alpha value is -1.46. The molecular formula is C12H12BrN3O. The zero-order valence-electron chi connectivity index (χ0n) is 9.14. The Morgan fingerprint density at radius 2 is 1.88 bits per heavy atom. The first-order chi connectivity index (χ1) is 8.29. The van der Waals surface area contributed by atoms with Crippen LogP contribution in [0.15, 0.2) is 41.1 Å². The molecule has 88 valence electrons. The van der Waals surface area contributed by atoms with Crippen LogP contribution in [0.25, 0.3) is 0 Å². The molecule has 0 spiro atoms. The number of aromatic nitrogens is 2. The molecule has 17 heavy (non-hydrogen) atoms. The van der Waals surface area contributed by atoms with E-state index in [1.165, 1.54) is 0 Å². The van der Waals surface area contributed by atoms with Crippen molar-refractivity contribution >= 4 is 15.9 Å². The van der Waals surface area contributed by atoms with Gasteiger partial charge in [-0.25, -0.2) is 9.97 Å². The van der Waals surface area contributed by atoms with Gasteiger partial charge in [0, 0.05) is 6.42 Å². The Morgan fingerprint density at radius 3 is 2.53 bits per heavy atom. The van der Waals surface area contributed by atoms with Crippen LogP contribution in [0.3, 0.4) is 0 Å². The highest BCUT2D eigenvalue weighted by molar-refractivity contribution is 9.10. The number of ether oxygens (including phenoxy) is 1. The Morgan fingerprint density at radius 1 is 1.18 bits per heavy atom. The van der Waals surface area contributed by atoms with Crippen LogP contribution in [0, 0.1) is 0 Å². The van der Waals surface area contributed by atoms with E-state index < -0.39 is 0 Å². The maximum atomic E-state index is 5.64. The summed E-state index contributed by atoms with van der Waals surface area (Å²) in [6.45, 7) is 0.546. The fourth-order valence-electron chi connectivity index (χ4n) is 1.31. The van der Waals surface area contributed by atoms with E-state index in [2.05, 4.69) is 25.9 Å². The predicted molar refractivity (Wildman–Crippen MR) is 69.0 cm³/mol. The Bertz CT molecular complexity index is 487. The molecule has 5 heteroatoms. The van der Waals surface area contributed by atoms with Gasteiger partial charge < -0.3 is 10.5 Å². The fraction of sp³-hybridized carbons (Fsp3) is 0.167. The lowest BCUT2D eigenvalue weighted by Crippen LogP contribution is -2.06. The molecule has 2 N–H and O–H groups in total. The van der Waals surface area contributed by atoms with Crippen LogP contribution in [-0.2, 0) is 6.42 Å². The second-order valence-corrected chi connectivity index (χ2v) is 4.26. The summed E-state index contributed by atoms with van der Waals surface area (Å²) in [4.78, 5) is 8.33. The van der Waals surface area contributed by atoms with E-state index >= 15 is 0 Å². The minimum Gasteiger partial charge on any atom is -0.453 e. The second-order valence-electron chi connectivity index (χ2n) is 3.41. The summed E-state index contributed by atoms with van der Waals surface area (Å²) in [5, 5.41) is 0. The van der Waals surface area contributed by atoms with E-state index in [9.17, 15) is 0 Å². The number of hydrogen-bond acceptors (Lipinski definition) is 4. The summed E-state index contributed by atoms with van der Waals surface area (Å²) < 4.78 is 6.53. The molecular weight excluding hydrogens is 282 g/mol. The molecule has 0 saturated carbocycles. The third-order valence-corrected chi connectivity index (χ3v) is 2.77. The van der Waals surface area contributed by atoms with Crippen LogP contribution in [0.5, 0.6) is 11.5 Å². The van der Waals surface area contributed by atoms with Gasteiger partial charge in [0.05, 0.1) is 16.9 Å². The van der Waals surface area contributed by atoms with Crippen LogP contribution < -0.4 is 10.5 Å². The highest BCUT2D eigenvalue weighted by Gasteiger charge is 2.02. The number of nitrogens with zero attached hydrogens (tertiary/aromatic N) is 2. The van der Waals surface area contributed by atoms with Gasteiger partial charge in [-0.05, 0) is 34.6 Å². The van der Waals surface area contributed by atoms with Gasteiger partial charge in [-0.2, -0.15) is 0 Å². The Balaban J connectivity index is 2.11. The van der Waals surface area contributed by atoms with E-state index in [1.807, 2.05) is 24.3 Å². The van der Waals surface area contributed by atoms with Crippen molar-refractivity contribution in [1.82, 2.24) is 9.97 Å². The molecule has 0 aliphatic heterocycles. The lowest BCUT2D eigenvalue weighted by atomic mass is 10.3. The molecule has 0 bridgehead atoms. The second kappa shape index (κ2) is 5.75. The normalized spacial score (nSPS) is 10.2. The smallest absolute Gasteiger partial charge is 0.164 e.